The number of benzene rings is 2. The molecule has 0 aliphatic rings. The van der Waals surface area contributed by atoms with Crippen LogP contribution >= 0.6 is 0 Å². The second-order valence-corrected chi connectivity index (χ2v) is 8.89. The Kier molecular flexibility index (Phi) is 7.47. The van der Waals surface area contributed by atoms with Crippen LogP contribution in [0.5, 0.6) is 0 Å². The van der Waals surface area contributed by atoms with Crippen LogP contribution in [0.1, 0.15) is 102 Å². The number of hydrogen-bond acceptors (Lipinski definition) is 2. The molecule has 2 unspecified atom stereocenters. The van der Waals surface area contributed by atoms with E-state index in [1.54, 1.807) is 0 Å². The summed E-state index contributed by atoms with van der Waals surface area (Å²) in [7, 11) is 0. The third-order valence-corrected chi connectivity index (χ3v) is 6.13. The van der Waals surface area contributed by atoms with Crippen molar-refractivity contribution in [3.05, 3.63) is 70.8 Å². The lowest BCUT2D eigenvalue weighted by Gasteiger charge is -2.35. The Bertz CT molecular complexity index is 665. The summed E-state index contributed by atoms with van der Waals surface area (Å²) in [6.45, 7) is 17.3. The van der Waals surface area contributed by atoms with E-state index in [0.29, 0.717) is 11.8 Å². The Balaban J connectivity index is 2.20. The molecule has 2 atom stereocenters. The SMILES string of the molecule is CCC(C)(OOC(C)(CC)c1ccc(C(C)C)cc1)c1ccc(C(C)C)cc1. The van der Waals surface area contributed by atoms with Crippen LogP contribution in [-0.2, 0) is 21.0 Å². The van der Waals surface area contributed by atoms with E-state index in [1.165, 1.54) is 11.1 Å². The Morgan fingerprint density at radius 1 is 0.607 bits per heavy atom. The zero-order chi connectivity index (χ0) is 20.9. The van der Waals surface area contributed by atoms with E-state index in [4.69, 9.17) is 9.78 Å². The van der Waals surface area contributed by atoms with Gasteiger partial charge in [0.15, 0.2) is 0 Å². The summed E-state index contributed by atoms with van der Waals surface area (Å²) in [5, 5.41) is 0. The molecule has 2 nitrogen and oxygen atoms in total. The highest BCUT2D eigenvalue weighted by atomic mass is 17.2. The van der Waals surface area contributed by atoms with Crippen molar-refractivity contribution in [3.63, 3.8) is 0 Å². The molecule has 0 aliphatic carbocycles. The summed E-state index contributed by atoms with van der Waals surface area (Å²) in [6, 6.07) is 17.5. The van der Waals surface area contributed by atoms with E-state index in [0.717, 1.165) is 24.0 Å². The minimum absolute atomic E-state index is 0.482. The lowest BCUT2D eigenvalue weighted by atomic mass is 9.90. The van der Waals surface area contributed by atoms with Crippen LogP contribution in [0.3, 0.4) is 0 Å². The first-order valence-corrected chi connectivity index (χ1v) is 10.7. The van der Waals surface area contributed by atoms with Gasteiger partial charge >= 0.3 is 0 Å². The van der Waals surface area contributed by atoms with Crippen LogP contribution in [0.2, 0.25) is 0 Å². The van der Waals surface area contributed by atoms with Crippen LogP contribution in [-0.4, -0.2) is 0 Å². The van der Waals surface area contributed by atoms with Crippen LogP contribution in [0.4, 0.5) is 0 Å². The second kappa shape index (κ2) is 9.24. The van der Waals surface area contributed by atoms with Crippen molar-refractivity contribution in [3.8, 4) is 0 Å². The van der Waals surface area contributed by atoms with Crippen LogP contribution < -0.4 is 0 Å². The second-order valence-electron chi connectivity index (χ2n) is 8.89. The first-order valence-electron chi connectivity index (χ1n) is 10.7. The molecule has 0 aromatic heterocycles. The summed E-state index contributed by atoms with van der Waals surface area (Å²) in [4.78, 5) is 12.3. The average molecular weight is 383 g/mol. The Morgan fingerprint density at radius 3 is 1.11 bits per heavy atom. The molecule has 0 aliphatic heterocycles. The standard InChI is InChI=1S/C26H38O2/c1-9-25(7,23-15-11-21(12-16-23)19(3)4)27-28-26(8,10-2)24-17-13-22(14-18-24)20(5)6/h11-20H,9-10H2,1-8H3. The molecule has 28 heavy (non-hydrogen) atoms. The quantitative estimate of drug-likeness (QED) is 0.325. The fraction of sp³-hybridized carbons (Fsp3) is 0.538. The third-order valence-electron chi connectivity index (χ3n) is 6.13. The molecule has 0 bridgehead atoms. The van der Waals surface area contributed by atoms with Gasteiger partial charge in [0.1, 0.15) is 11.2 Å². The first-order chi connectivity index (χ1) is 13.1. The molecule has 0 N–H and O–H groups in total. The summed E-state index contributed by atoms with van der Waals surface area (Å²) >= 11 is 0. The summed E-state index contributed by atoms with van der Waals surface area (Å²) < 4.78 is 0. The minimum Gasteiger partial charge on any atom is -0.225 e. The van der Waals surface area contributed by atoms with E-state index in [9.17, 15) is 0 Å². The normalized spacial score (nSPS) is 16.2. The zero-order valence-electron chi connectivity index (χ0n) is 19.0. The fourth-order valence-electron chi connectivity index (χ4n) is 3.25. The lowest BCUT2D eigenvalue weighted by molar-refractivity contribution is -0.418. The predicted octanol–water partition coefficient (Wildman–Crippen LogP) is 7.83. The van der Waals surface area contributed by atoms with Crippen LogP contribution in [0, 0.1) is 0 Å². The maximum Gasteiger partial charge on any atom is 0.125 e. The molecule has 0 heterocycles. The Hall–Kier alpha value is -1.64. The minimum atomic E-state index is -0.482. The molecule has 0 saturated carbocycles. The van der Waals surface area contributed by atoms with Gasteiger partial charge in [0.05, 0.1) is 0 Å². The molecule has 154 valence electrons. The van der Waals surface area contributed by atoms with Crippen molar-refractivity contribution in [2.75, 3.05) is 0 Å². The molecular weight excluding hydrogens is 344 g/mol. The van der Waals surface area contributed by atoms with Gasteiger partial charge in [-0.3, -0.25) is 0 Å². The van der Waals surface area contributed by atoms with Gasteiger partial charge in [0, 0.05) is 0 Å². The molecule has 2 heteroatoms. The van der Waals surface area contributed by atoms with Gasteiger partial charge < -0.3 is 0 Å². The van der Waals surface area contributed by atoms with Gasteiger partial charge in [-0.05, 0) is 60.8 Å². The van der Waals surface area contributed by atoms with Crippen LogP contribution in [0.15, 0.2) is 48.5 Å². The first kappa shape index (κ1) is 22.6. The third kappa shape index (κ3) is 5.04. The van der Waals surface area contributed by atoms with E-state index in [1.807, 2.05) is 0 Å². The van der Waals surface area contributed by atoms with E-state index >= 15 is 0 Å². The van der Waals surface area contributed by atoms with Crippen molar-refractivity contribution < 1.29 is 9.78 Å². The molecule has 2 aromatic carbocycles. The van der Waals surface area contributed by atoms with Gasteiger partial charge in [0.25, 0.3) is 0 Å². The van der Waals surface area contributed by atoms with Crippen molar-refractivity contribution in [1.29, 1.82) is 0 Å². The molecule has 0 spiro atoms. The van der Waals surface area contributed by atoms with Gasteiger partial charge in [0.2, 0.25) is 0 Å². The summed E-state index contributed by atoms with van der Waals surface area (Å²) in [6.07, 6.45) is 1.67. The van der Waals surface area contributed by atoms with Crippen molar-refractivity contribution in [2.24, 2.45) is 0 Å². The number of rotatable bonds is 9. The maximum absolute atomic E-state index is 6.15. The summed E-state index contributed by atoms with van der Waals surface area (Å²) in [5.74, 6) is 1.05. The monoisotopic (exact) mass is 382 g/mol. The van der Waals surface area contributed by atoms with Crippen molar-refractivity contribution >= 4 is 0 Å². The largest absolute Gasteiger partial charge is 0.225 e. The molecule has 0 fully saturated rings. The smallest absolute Gasteiger partial charge is 0.125 e. The molecule has 2 rings (SSSR count). The van der Waals surface area contributed by atoms with Gasteiger partial charge in [-0.1, -0.05) is 90.1 Å². The molecule has 2 aromatic rings. The average Bonchev–Trinajstić information content (AvgIpc) is 2.71. The van der Waals surface area contributed by atoms with Crippen molar-refractivity contribution in [1.82, 2.24) is 0 Å². The highest BCUT2D eigenvalue weighted by molar-refractivity contribution is 5.29. The van der Waals surface area contributed by atoms with E-state index < -0.39 is 11.2 Å². The lowest BCUT2D eigenvalue weighted by Crippen LogP contribution is -2.33. The zero-order valence-corrected chi connectivity index (χ0v) is 19.0. The highest BCUT2D eigenvalue weighted by Crippen LogP contribution is 2.36. The number of hydrogen-bond donors (Lipinski definition) is 0. The Morgan fingerprint density at radius 2 is 0.893 bits per heavy atom. The molecular formula is C26H38O2. The van der Waals surface area contributed by atoms with Gasteiger partial charge in [-0.25, -0.2) is 9.78 Å². The summed E-state index contributed by atoms with van der Waals surface area (Å²) in [5.41, 5.74) is 4.01. The van der Waals surface area contributed by atoms with Crippen molar-refractivity contribution in [2.45, 2.75) is 91.3 Å². The van der Waals surface area contributed by atoms with E-state index in [2.05, 4.69) is 104 Å². The Labute approximate surface area is 172 Å². The predicted molar refractivity (Wildman–Crippen MR) is 119 cm³/mol. The molecule has 0 amide bonds. The molecule has 0 radical (unpaired) electrons. The fourth-order valence-corrected chi connectivity index (χ4v) is 3.25. The maximum atomic E-state index is 6.15. The topological polar surface area (TPSA) is 18.5 Å². The molecule has 0 saturated heterocycles. The van der Waals surface area contributed by atoms with E-state index in [-0.39, 0.29) is 0 Å². The highest BCUT2D eigenvalue weighted by Gasteiger charge is 2.33. The van der Waals surface area contributed by atoms with Gasteiger partial charge in [-0.15, -0.1) is 0 Å². The van der Waals surface area contributed by atoms with Crippen LogP contribution in [0.25, 0.3) is 0 Å². The van der Waals surface area contributed by atoms with Gasteiger partial charge in [-0.2, -0.15) is 0 Å².